The molecule has 0 aliphatic heterocycles. The van der Waals surface area contributed by atoms with Crippen LogP contribution < -0.4 is 5.73 Å². The first kappa shape index (κ1) is 50.2. The number of hydrogen-bond donors (Lipinski definition) is 2. The average molecular weight is 762 g/mol. The van der Waals surface area contributed by atoms with Gasteiger partial charge in [-0.25, -0.2) is 4.57 Å². The molecule has 0 bridgehead atoms. The van der Waals surface area contributed by atoms with Gasteiger partial charge in [-0.1, -0.05) is 137 Å². The van der Waals surface area contributed by atoms with E-state index in [-0.39, 0.29) is 32.6 Å². The number of unbranched alkanes of at least 4 members (excludes halogenated alkanes) is 9. The molecule has 0 aliphatic carbocycles. The van der Waals surface area contributed by atoms with Gasteiger partial charge in [0.15, 0.2) is 6.10 Å². The van der Waals surface area contributed by atoms with Crippen LogP contribution in [-0.2, 0) is 32.7 Å². The molecule has 10 heteroatoms. The van der Waals surface area contributed by atoms with Crippen LogP contribution in [0.15, 0.2) is 85.1 Å². The Kier molecular flexibility index (Phi) is 36.8. The highest BCUT2D eigenvalue weighted by atomic mass is 31.2. The molecule has 1 unspecified atom stereocenters. The largest absolute Gasteiger partial charge is 0.472 e. The van der Waals surface area contributed by atoms with Crippen molar-refractivity contribution in [2.45, 2.75) is 148 Å². The number of rotatable bonds is 36. The fraction of sp³-hybridized carbons (Fsp3) is 0.628. The van der Waals surface area contributed by atoms with Crippen molar-refractivity contribution in [2.75, 3.05) is 26.4 Å². The lowest BCUT2D eigenvalue weighted by Gasteiger charge is -2.19. The van der Waals surface area contributed by atoms with Gasteiger partial charge in [0.25, 0.3) is 0 Å². The Morgan fingerprint density at radius 1 is 0.585 bits per heavy atom. The van der Waals surface area contributed by atoms with Crippen LogP contribution in [0.2, 0.25) is 0 Å². The molecule has 0 saturated heterocycles. The van der Waals surface area contributed by atoms with Crippen LogP contribution in [-0.4, -0.2) is 49.3 Å². The molecule has 0 amide bonds. The molecule has 0 aliphatic rings. The van der Waals surface area contributed by atoms with Crippen LogP contribution in [0.25, 0.3) is 0 Å². The maximum absolute atomic E-state index is 12.5. The first-order valence-corrected chi connectivity index (χ1v) is 21.6. The monoisotopic (exact) mass is 761 g/mol. The van der Waals surface area contributed by atoms with E-state index in [4.69, 9.17) is 24.3 Å². The molecule has 0 fully saturated rings. The van der Waals surface area contributed by atoms with E-state index in [1.165, 1.54) is 32.1 Å². The molecule has 2 atom stereocenters. The van der Waals surface area contributed by atoms with E-state index in [1.54, 1.807) is 0 Å². The molecule has 3 N–H and O–H groups in total. The highest BCUT2D eigenvalue weighted by Gasteiger charge is 2.25. The third-order valence-corrected chi connectivity index (χ3v) is 8.76. The van der Waals surface area contributed by atoms with Crippen molar-refractivity contribution in [3.63, 3.8) is 0 Å². The summed E-state index contributed by atoms with van der Waals surface area (Å²) in [6.07, 6.45) is 47.7. The normalized spacial score (nSPS) is 14.3. The lowest BCUT2D eigenvalue weighted by Crippen LogP contribution is -2.29. The van der Waals surface area contributed by atoms with Gasteiger partial charge in [0.1, 0.15) is 6.61 Å². The van der Waals surface area contributed by atoms with Gasteiger partial charge in [-0.05, 0) is 77.0 Å². The summed E-state index contributed by atoms with van der Waals surface area (Å²) in [6, 6.07) is 0. The minimum atomic E-state index is -4.40. The summed E-state index contributed by atoms with van der Waals surface area (Å²) in [5.74, 6) is -0.947. The van der Waals surface area contributed by atoms with Crippen molar-refractivity contribution in [3.8, 4) is 0 Å². The molecule has 0 spiro atoms. The first-order chi connectivity index (χ1) is 25.8. The topological polar surface area (TPSA) is 134 Å². The summed E-state index contributed by atoms with van der Waals surface area (Å²) >= 11 is 0. The zero-order valence-electron chi connectivity index (χ0n) is 33.0. The van der Waals surface area contributed by atoms with Crippen LogP contribution in [0.5, 0.6) is 0 Å². The van der Waals surface area contributed by atoms with E-state index < -0.39 is 32.5 Å². The quantitative estimate of drug-likeness (QED) is 0.0277. The van der Waals surface area contributed by atoms with E-state index >= 15 is 0 Å². The summed E-state index contributed by atoms with van der Waals surface area (Å²) in [7, 11) is -4.40. The van der Waals surface area contributed by atoms with Gasteiger partial charge in [-0.3, -0.25) is 18.6 Å². The predicted molar refractivity (Wildman–Crippen MR) is 219 cm³/mol. The van der Waals surface area contributed by atoms with Crippen LogP contribution >= 0.6 is 7.82 Å². The third-order valence-electron chi connectivity index (χ3n) is 7.78. The Morgan fingerprint density at radius 3 is 1.62 bits per heavy atom. The van der Waals surface area contributed by atoms with E-state index in [9.17, 15) is 19.0 Å². The highest BCUT2D eigenvalue weighted by molar-refractivity contribution is 7.47. The second kappa shape index (κ2) is 38.9. The standard InChI is InChI=1S/C43H72NO8P/c1-3-5-7-9-11-13-15-17-18-19-20-21-22-24-26-28-30-32-34-36-43(46)52-41(40-51-53(47,48)50-38-37-44)39-49-42(45)35-33-31-29-27-25-23-16-14-12-10-8-6-4-2/h5,7,11,13-14,16-18,20-21,24,26,30,32,41H,3-4,6,8-10,12,15,19,22-23,25,27-29,31,33-40,44H2,1-2H3,(H,47,48)/t41-/m1/s1. The maximum Gasteiger partial charge on any atom is 0.472 e. The fourth-order valence-electron chi connectivity index (χ4n) is 4.83. The number of carbonyl (C=O) groups is 2. The zero-order valence-corrected chi connectivity index (χ0v) is 33.9. The van der Waals surface area contributed by atoms with Crippen LogP contribution in [0.4, 0.5) is 0 Å². The number of allylic oxidation sites excluding steroid dienone is 14. The van der Waals surface area contributed by atoms with Crippen LogP contribution in [0.3, 0.4) is 0 Å². The molecule has 9 nitrogen and oxygen atoms in total. The zero-order chi connectivity index (χ0) is 38.9. The van der Waals surface area contributed by atoms with E-state index in [1.807, 2.05) is 12.2 Å². The van der Waals surface area contributed by atoms with Gasteiger partial charge < -0.3 is 20.1 Å². The van der Waals surface area contributed by atoms with Gasteiger partial charge in [-0.15, -0.1) is 0 Å². The summed E-state index contributed by atoms with van der Waals surface area (Å²) in [5, 5.41) is 0. The lowest BCUT2D eigenvalue weighted by atomic mass is 10.1. The molecule has 302 valence electrons. The van der Waals surface area contributed by atoms with Crippen molar-refractivity contribution in [1.82, 2.24) is 0 Å². The number of phosphoric acid groups is 1. The van der Waals surface area contributed by atoms with Gasteiger partial charge in [-0.2, -0.15) is 0 Å². The number of nitrogens with two attached hydrogens (primary N) is 1. The maximum atomic E-state index is 12.5. The Hall–Kier alpha value is -2.81. The van der Waals surface area contributed by atoms with E-state index in [0.29, 0.717) is 12.8 Å². The Balaban J connectivity index is 4.37. The Bertz CT molecular complexity index is 1140. The number of carbonyl (C=O) groups excluding carboxylic acids is 2. The number of phosphoric ester groups is 1. The Morgan fingerprint density at radius 2 is 1.08 bits per heavy atom. The summed E-state index contributed by atoms with van der Waals surface area (Å²) in [6.45, 7) is 3.47. The molecule has 0 saturated carbocycles. The van der Waals surface area contributed by atoms with Crippen LogP contribution in [0.1, 0.15) is 142 Å². The van der Waals surface area contributed by atoms with E-state index in [2.05, 4.69) is 86.8 Å². The van der Waals surface area contributed by atoms with Crippen LogP contribution in [0, 0.1) is 0 Å². The molecule has 0 heterocycles. The van der Waals surface area contributed by atoms with Crippen molar-refractivity contribution >= 4 is 19.8 Å². The number of ether oxygens (including phenoxy) is 2. The van der Waals surface area contributed by atoms with Crippen molar-refractivity contribution < 1.29 is 37.6 Å². The van der Waals surface area contributed by atoms with Gasteiger partial charge in [0.05, 0.1) is 13.2 Å². The summed E-state index contributed by atoms with van der Waals surface area (Å²) < 4.78 is 32.6. The summed E-state index contributed by atoms with van der Waals surface area (Å²) in [5.41, 5.74) is 5.33. The Labute approximate surface area is 322 Å². The van der Waals surface area contributed by atoms with Crippen molar-refractivity contribution in [1.29, 1.82) is 0 Å². The average Bonchev–Trinajstić information content (AvgIpc) is 3.14. The molecule has 53 heavy (non-hydrogen) atoms. The number of esters is 2. The second-order valence-corrected chi connectivity index (χ2v) is 14.2. The molecule has 0 aromatic carbocycles. The fourth-order valence-corrected chi connectivity index (χ4v) is 5.59. The molecular weight excluding hydrogens is 689 g/mol. The van der Waals surface area contributed by atoms with E-state index in [0.717, 1.165) is 70.6 Å². The molecular formula is C43H72NO8P. The predicted octanol–water partition coefficient (Wildman–Crippen LogP) is 11.3. The lowest BCUT2D eigenvalue weighted by molar-refractivity contribution is -0.161. The third kappa shape index (κ3) is 38.7. The number of hydrogen-bond acceptors (Lipinski definition) is 8. The molecule has 0 aromatic heterocycles. The smallest absolute Gasteiger partial charge is 0.462 e. The van der Waals surface area contributed by atoms with Crippen molar-refractivity contribution in [2.24, 2.45) is 5.73 Å². The molecule has 0 aromatic rings. The highest BCUT2D eigenvalue weighted by Crippen LogP contribution is 2.43. The minimum absolute atomic E-state index is 0.0365. The summed E-state index contributed by atoms with van der Waals surface area (Å²) in [4.78, 5) is 34.7. The SMILES string of the molecule is CCC=CCC=CCC=CCC=CCC=CCC=CCCC(=O)O[C@H](COC(=O)CCCCCCCC=CCCCCCC)COP(=O)(O)OCCN. The van der Waals surface area contributed by atoms with Gasteiger partial charge >= 0.3 is 19.8 Å². The van der Waals surface area contributed by atoms with Crippen molar-refractivity contribution in [3.05, 3.63) is 85.1 Å². The van der Waals surface area contributed by atoms with Gasteiger partial charge in [0, 0.05) is 19.4 Å². The first-order valence-electron chi connectivity index (χ1n) is 20.1. The molecule has 0 radical (unpaired) electrons. The minimum Gasteiger partial charge on any atom is -0.462 e. The van der Waals surface area contributed by atoms with Gasteiger partial charge in [0.2, 0.25) is 0 Å². The molecule has 0 rings (SSSR count). The second-order valence-electron chi connectivity index (χ2n) is 12.8.